The number of piperidine rings is 1. The molecule has 2 fully saturated rings. The molecule has 2 aliphatic rings. The summed E-state index contributed by atoms with van der Waals surface area (Å²) >= 11 is 5.94. The molecule has 4 rings (SSSR count). The summed E-state index contributed by atoms with van der Waals surface area (Å²) in [5.41, 5.74) is 2.24. The Hall–Kier alpha value is -2.86. The van der Waals surface area contributed by atoms with Crippen molar-refractivity contribution in [2.75, 3.05) is 26.2 Å². The summed E-state index contributed by atoms with van der Waals surface area (Å²) in [6.45, 7) is 4.56. The molecular formula is C26H30ClN3O3. The average molecular weight is 468 g/mol. The fourth-order valence-electron chi connectivity index (χ4n) is 4.66. The largest absolute Gasteiger partial charge is 0.341 e. The molecule has 6 nitrogen and oxygen atoms in total. The summed E-state index contributed by atoms with van der Waals surface area (Å²) < 4.78 is 0. The van der Waals surface area contributed by atoms with E-state index >= 15 is 0 Å². The monoisotopic (exact) mass is 467 g/mol. The van der Waals surface area contributed by atoms with Crippen LogP contribution in [-0.4, -0.2) is 59.7 Å². The van der Waals surface area contributed by atoms with Crippen LogP contribution in [0.4, 0.5) is 0 Å². The molecular weight excluding hydrogens is 438 g/mol. The standard InChI is InChI=1S/C26H30ClN3O3/c1-18-4-6-20(7-5-18)24(31)28-23(26(33)29-14-2-3-15-29)19-12-16-30(17-13-19)25(32)21-8-10-22(27)11-9-21/h4-11,19,23H,2-3,12-17H2,1H3,(H,28,31). The highest BCUT2D eigenvalue weighted by Crippen LogP contribution is 2.25. The third-order valence-corrected chi connectivity index (χ3v) is 6.93. The van der Waals surface area contributed by atoms with Crippen LogP contribution in [0.15, 0.2) is 48.5 Å². The molecule has 0 radical (unpaired) electrons. The Morgan fingerprint density at radius 3 is 2.03 bits per heavy atom. The Labute approximate surface area is 199 Å². The van der Waals surface area contributed by atoms with Gasteiger partial charge in [-0.25, -0.2) is 0 Å². The first-order valence-corrected chi connectivity index (χ1v) is 12.0. The second-order valence-corrected chi connectivity index (χ2v) is 9.42. The van der Waals surface area contributed by atoms with Gasteiger partial charge in [0.2, 0.25) is 5.91 Å². The van der Waals surface area contributed by atoms with Gasteiger partial charge in [0, 0.05) is 42.3 Å². The molecule has 1 atom stereocenters. The molecule has 174 valence electrons. The summed E-state index contributed by atoms with van der Waals surface area (Å²) in [7, 11) is 0. The van der Waals surface area contributed by atoms with Crippen molar-refractivity contribution in [1.29, 1.82) is 0 Å². The van der Waals surface area contributed by atoms with Gasteiger partial charge < -0.3 is 15.1 Å². The van der Waals surface area contributed by atoms with E-state index in [-0.39, 0.29) is 23.6 Å². The van der Waals surface area contributed by atoms with Crippen molar-refractivity contribution in [1.82, 2.24) is 15.1 Å². The summed E-state index contributed by atoms with van der Waals surface area (Å²) in [4.78, 5) is 42.9. The number of likely N-dealkylation sites (tertiary alicyclic amines) is 2. The van der Waals surface area contributed by atoms with Crippen molar-refractivity contribution in [2.24, 2.45) is 5.92 Å². The Morgan fingerprint density at radius 1 is 0.848 bits per heavy atom. The lowest BCUT2D eigenvalue weighted by Crippen LogP contribution is -2.54. The van der Waals surface area contributed by atoms with Gasteiger partial charge in [-0.2, -0.15) is 0 Å². The summed E-state index contributed by atoms with van der Waals surface area (Å²) in [5.74, 6) is -0.277. The minimum Gasteiger partial charge on any atom is -0.341 e. The predicted molar refractivity (Wildman–Crippen MR) is 128 cm³/mol. The highest BCUT2D eigenvalue weighted by atomic mass is 35.5. The lowest BCUT2D eigenvalue weighted by Gasteiger charge is -2.37. The van der Waals surface area contributed by atoms with Crippen molar-refractivity contribution in [3.8, 4) is 0 Å². The fraction of sp³-hybridized carbons (Fsp3) is 0.423. The number of benzene rings is 2. The van der Waals surface area contributed by atoms with Crippen molar-refractivity contribution >= 4 is 29.3 Å². The van der Waals surface area contributed by atoms with E-state index in [1.807, 2.05) is 28.9 Å². The van der Waals surface area contributed by atoms with E-state index in [0.29, 0.717) is 42.1 Å². The molecule has 2 saturated heterocycles. The molecule has 7 heteroatoms. The molecule has 0 bridgehead atoms. The number of nitrogens with zero attached hydrogens (tertiary/aromatic N) is 2. The van der Waals surface area contributed by atoms with Crippen LogP contribution in [0, 0.1) is 12.8 Å². The van der Waals surface area contributed by atoms with Gasteiger partial charge in [0.1, 0.15) is 6.04 Å². The molecule has 3 amide bonds. The first-order chi connectivity index (χ1) is 15.9. The van der Waals surface area contributed by atoms with Gasteiger partial charge in [-0.15, -0.1) is 0 Å². The van der Waals surface area contributed by atoms with Crippen molar-refractivity contribution in [3.05, 3.63) is 70.2 Å². The third kappa shape index (κ3) is 5.56. The van der Waals surface area contributed by atoms with Crippen molar-refractivity contribution < 1.29 is 14.4 Å². The molecule has 0 aromatic heterocycles. The Balaban J connectivity index is 1.45. The molecule has 1 unspecified atom stereocenters. The van der Waals surface area contributed by atoms with Crippen LogP contribution in [0.25, 0.3) is 0 Å². The SMILES string of the molecule is Cc1ccc(C(=O)NC(C(=O)N2CCCC2)C2CCN(C(=O)c3ccc(Cl)cc3)CC2)cc1. The minimum absolute atomic E-state index is 0.00422. The number of hydrogen-bond donors (Lipinski definition) is 1. The van der Waals surface area contributed by atoms with Gasteiger partial charge in [0.15, 0.2) is 0 Å². The van der Waals surface area contributed by atoms with Crippen LogP contribution < -0.4 is 5.32 Å². The minimum atomic E-state index is -0.579. The zero-order valence-corrected chi connectivity index (χ0v) is 19.7. The van der Waals surface area contributed by atoms with E-state index in [0.717, 1.165) is 31.5 Å². The number of nitrogens with one attached hydrogen (secondary N) is 1. The van der Waals surface area contributed by atoms with Crippen LogP contribution in [0.3, 0.4) is 0 Å². The number of carbonyl (C=O) groups excluding carboxylic acids is 3. The second kappa shape index (κ2) is 10.4. The number of amides is 3. The third-order valence-electron chi connectivity index (χ3n) is 6.67. The Kier molecular flexibility index (Phi) is 7.33. The number of halogens is 1. The Morgan fingerprint density at radius 2 is 1.42 bits per heavy atom. The molecule has 0 spiro atoms. The smallest absolute Gasteiger partial charge is 0.253 e. The maximum atomic E-state index is 13.4. The molecule has 2 aliphatic heterocycles. The zero-order valence-electron chi connectivity index (χ0n) is 18.9. The molecule has 33 heavy (non-hydrogen) atoms. The maximum Gasteiger partial charge on any atom is 0.253 e. The van der Waals surface area contributed by atoms with E-state index in [9.17, 15) is 14.4 Å². The summed E-state index contributed by atoms with van der Waals surface area (Å²) in [5, 5.41) is 3.63. The number of aryl methyl sites for hydroxylation is 1. The zero-order chi connectivity index (χ0) is 23.4. The number of hydrogen-bond acceptors (Lipinski definition) is 3. The molecule has 2 aromatic rings. The van der Waals surface area contributed by atoms with Gasteiger partial charge in [0.05, 0.1) is 0 Å². The van der Waals surface area contributed by atoms with Gasteiger partial charge in [-0.3, -0.25) is 14.4 Å². The van der Waals surface area contributed by atoms with Gasteiger partial charge in [-0.1, -0.05) is 29.3 Å². The Bertz CT molecular complexity index is 992. The van der Waals surface area contributed by atoms with Crippen molar-refractivity contribution in [2.45, 2.75) is 38.6 Å². The van der Waals surface area contributed by atoms with Crippen LogP contribution in [0.5, 0.6) is 0 Å². The van der Waals surface area contributed by atoms with Gasteiger partial charge >= 0.3 is 0 Å². The van der Waals surface area contributed by atoms with Crippen molar-refractivity contribution in [3.63, 3.8) is 0 Å². The van der Waals surface area contributed by atoms with E-state index in [2.05, 4.69) is 5.32 Å². The first kappa shape index (κ1) is 23.3. The quantitative estimate of drug-likeness (QED) is 0.724. The predicted octanol–water partition coefficient (Wildman–Crippen LogP) is 3.92. The molecule has 2 aromatic carbocycles. The molecule has 0 aliphatic carbocycles. The van der Waals surface area contributed by atoms with E-state index < -0.39 is 6.04 Å². The normalized spacial score (nSPS) is 17.6. The number of rotatable bonds is 5. The average Bonchev–Trinajstić information content (AvgIpc) is 3.38. The lowest BCUT2D eigenvalue weighted by molar-refractivity contribution is -0.134. The molecule has 2 heterocycles. The summed E-state index contributed by atoms with van der Waals surface area (Å²) in [6.07, 6.45) is 3.33. The summed E-state index contributed by atoms with van der Waals surface area (Å²) in [6, 6.07) is 13.7. The van der Waals surface area contributed by atoms with Crippen LogP contribution in [-0.2, 0) is 4.79 Å². The molecule has 0 saturated carbocycles. The first-order valence-electron chi connectivity index (χ1n) is 11.6. The van der Waals surface area contributed by atoms with Crippen LogP contribution >= 0.6 is 11.6 Å². The van der Waals surface area contributed by atoms with E-state index in [1.165, 1.54) is 0 Å². The lowest BCUT2D eigenvalue weighted by atomic mass is 9.88. The molecule has 1 N–H and O–H groups in total. The van der Waals surface area contributed by atoms with E-state index in [4.69, 9.17) is 11.6 Å². The highest BCUT2D eigenvalue weighted by molar-refractivity contribution is 6.30. The topological polar surface area (TPSA) is 69.7 Å². The van der Waals surface area contributed by atoms with Gasteiger partial charge in [-0.05, 0) is 74.9 Å². The maximum absolute atomic E-state index is 13.4. The number of carbonyl (C=O) groups is 3. The second-order valence-electron chi connectivity index (χ2n) is 8.99. The van der Waals surface area contributed by atoms with Crippen LogP contribution in [0.1, 0.15) is 52.0 Å². The highest BCUT2D eigenvalue weighted by Gasteiger charge is 2.37. The van der Waals surface area contributed by atoms with Crippen LogP contribution in [0.2, 0.25) is 5.02 Å². The fourth-order valence-corrected chi connectivity index (χ4v) is 4.78. The van der Waals surface area contributed by atoms with Gasteiger partial charge in [0.25, 0.3) is 11.8 Å². The van der Waals surface area contributed by atoms with E-state index in [1.54, 1.807) is 36.4 Å².